The van der Waals surface area contributed by atoms with Crippen molar-refractivity contribution in [2.45, 2.75) is 25.3 Å². The summed E-state index contributed by atoms with van der Waals surface area (Å²) in [6, 6.07) is 4.57. The summed E-state index contributed by atoms with van der Waals surface area (Å²) in [5, 5.41) is 4.21. The van der Waals surface area contributed by atoms with E-state index in [1.54, 1.807) is 17.2 Å². The summed E-state index contributed by atoms with van der Waals surface area (Å²) in [5.41, 5.74) is 0. The summed E-state index contributed by atoms with van der Waals surface area (Å²) in [7, 11) is 0. The van der Waals surface area contributed by atoms with Crippen LogP contribution in [-0.4, -0.2) is 80.8 Å². The molecule has 0 radical (unpaired) electrons. The van der Waals surface area contributed by atoms with Gasteiger partial charge < -0.3 is 9.80 Å². The highest BCUT2D eigenvalue weighted by atomic mass is 16.2. The second kappa shape index (κ2) is 6.92. The normalized spacial score (nSPS) is 21.8. The number of nitrogens with zero attached hydrogens (tertiary/aromatic N) is 7. The maximum absolute atomic E-state index is 12.8. The lowest BCUT2D eigenvalue weighted by Crippen LogP contribution is -2.59. The minimum atomic E-state index is 0.0865. The summed E-state index contributed by atoms with van der Waals surface area (Å²) in [6.07, 6.45) is 9.19. The molecule has 2 aromatic heterocycles. The molecule has 0 aromatic carbocycles. The molecule has 3 fully saturated rings. The molecule has 3 aliphatic rings. The van der Waals surface area contributed by atoms with Crippen LogP contribution in [-0.2, 0) is 4.79 Å². The molecule has 4 heterocycles. The van der Waals surface area contributed by atoms with Crippen LogP contribution in [0.1, 0.15) is 19.3 Å². The Labute approximate surface area is 158 Å². The van der Waals surface area contributed by atoms with Crippen LogP contribution in [0.4, 0.5) is 5.82 Å². The summed E-state index contributed by atoms with van der Waals surface area (Å²) in [4.78, 5) is 28.2. The van der Waals surface area contributed by atoms with Crippen LogP contribution in [0.5, 0.6) is 0 Å². The van der Waals surface area contributed by atoms with Crippen LogP contribution in [0.2, 0.25) is 0 Å². The average molecular weight is 367 g/mol. The minimum Gasteiger partial charge on any atom is -0.355 e. The monoisotopic (exact) mass is 367 g/mol. The van der Waals surface area contributed by atoms with E-state index in [1.807, 2.05) is 18.3 Å². The molecule has 27 heavy (non-hydrogen) atoms. The summed E-state index contributed by atoms with van der Waals surface area (Å²) < 4.78 is 1.72. The van der Waals surface area contributed by atoms with Gasteiger partial charge >= 0.3 is 0 Å². The van der Waals surface area contributed by atoms with Crippen molar-refractivity contribution in [2.24, 2.45) is 5.92 Å². The maximum atomic E-state index is 12.8. The van der Waals surface area contributed by atoms with E-state index >= 15 is 0 Å². The largest absolute Gasteiger partial charge is 0.355 e. The Morgan fingerprint density at radius 2 is 1.81 bits per heavy atom. The molecule has 1 aliphatic carbocycles. The zero-order valence-electron chi connectivity index (χ0n) is 15.4. The van der Waals surface area contributed by atoms with E-state index in [0.29, 0.717) is 5.91 Å². The van der Waals surface area contributed by atoms with Gasteiger partial charge in [-0.2, -0.15) is 5.10 Å². The molecule has 0 unspecified atom stereocenters. The van der Waals surface area contributed by atoms with Gasteiger partial charge in [-0.25, -0.2) is 14.6 Å². The number of hydrogen-bond acceptors (Lipinski definition) is 6. The zero-order valence-corrected chi connectivity index (χ0v) is 15.4. The smallest absolute Gasteiger partial charge is 0.229 e. The highest BCUT2D eigenvalue weighted by Gasteiger charge is 2.38. The lowest BCUT2D eigenvalue weighted by atomic mass is 9.91. The van der Waals surface area contributed by atoms with Gasteiger partial charge in [0.15, 0.2) is 5.82 Å². The Hall–Kier alpha value is -2.48. The SMILES string of the molecule is O=C(C1CN(c2cc(-n3cccn3)ncn2)C1)N1CCN(C2CCC2)CC1. The summed E-state index contributed by atoms with van der Waals surface area (Å²) >= 11 is 0. The number of amides is 1. The van der Waals surface area contributed by atoms with E-state index in [0.717, 1.165) is 56.9 Å². The summed E-state index contributed by atoms with van der Waals surface area (Å²) in [5.74, 6) is 1.99. The van der Waals surface area contributed by atoms with Crippen molar-refractivity contribution in [1.82, 2.24) is 29.5 Å². The first kappa shape index (κ1) is 16.7. The number of piperazine rings is 1. The molecule has 1 amide bonds. The molecule has 0 N–H and O–H groups in total. The first-order valence-corrected chi connectivity index (χ1v) is 9.88. The van der Waals surface area contributed by atoms with Gasteiger partial charge in [0.25, 0.3) is 0 Å². The van der Waals surface area contributed by atoms with E-state index in [4.69, 9.17) is 0 Å². The van der Waals surface area contributed by atoms with Crippen LogP contribution in [0, 0.1) is 5.92 Å². The van der Waals surface area contributed by atoms with Crippen molar-refractivity contribution < 1.29 is 4.79 Å². The standard InChI is InChI=1S/C19H25N7O/c27-19(24-9-7-23(8-10-24)16-3-1-4-16)15-12-25(13-15)17-11-18(21-14-20-17)26-6-2-5-22-26/h2,5-6,11,14-16H,1,3-4,7-10,12-13H2. The lowest BCUT2D eigenvalue weighted by molar-refractivity contribution is -0.138. The Morgan fingerprint density at radius 1 is 1.04 bits per heavy atom. The number of rotatable bonds is 4. The van der Waals surface area contributed by atoms with Gasteiger partial charge in [-0.1, -0.05) is 6.42 Å². The number of carbonyl (C=O) groups is 1. The van der Waals surface area contributed by atoms with Crippen molar-refractivity contribution in [2.75, 3.05) is 44.2 Å². The van der Waals surface area contributed by atoms with Crippen molar-refractivity contribution in [1.29, 1.82) is 0 Å². The van der Waals surface area contributed by atoms with Gasteiger partial charge in [0.1, 0.15) is 12.1 Å². The highest BCUT2D eigenvalue weighted by Crippen LogP contribution is 2.28. The van der Waals surface area contributed by atoms with Crippen molar-refractivity contribution in [3.05, 3.63) is 30.9 Å². The molecule has 142 valence electrons. The van der Waals surface area contributed by atoms with Gasteiger partial charge in [0, 0.05) is 63.8 Å². The van der Waals surface area contributed by atoms with Crippen molar-refractivity contribution in [3.63, 3.8) is 0 Å². The van der Waals surface area contributed by atoms with Crippen LogP contribution in [0.15, 0.2) is 30.9 Å². The fourth-order valence-electron chi connectivity index (χ4n) is 4.18. The van der Waals surface area contributed by atoms with E-state index in [1.165, 1.54) is 19.3 Å². The lowest BCUT2D eigenvalue weighted by Gasteiger charge is -2.46. The van der Waals surface area contributed by atoms with Crippen molar-refractivity contribution in [3.8, 4) is 5.82 Å². The minimum absolute atomic E-state index is 0.0865. The average Bonchev–Trinajstić information content (AvgIpc) is 3.14. The third kappa shape index (κ3) is 3.18. The van der Waals surface area contributed by atoms with Gasteiger partial charge in [-0.15, -0.1) is 0 Å². The predicted octanol–water partition coefficient (Wildman–Crippen LogP) is 0.795. The van der Waals surface area contributed by atoms with Crippen LogP contribution in [0.25, 0.3) is 5.82 Å². The Balaban J connectivity index is 1.15. The molecule has 0 spiro atoms. The molecule has 0 atom stereocenters. The number of carbonyl (C=O) groups excluding carboxylic acids is 1. The first-order valence-electron chi connectivity index (χ1n) is 9.88. The Bertz CT molecular complexity index is 790. The van der Waals surface area contributed by atoms with Crippen LogP contribution >= 0.6 is 0 Å². The second-order valence-corrected chi connectivity index (χ2v) is 7.73. The third-order valence-corrected chi connectivity index (χ3v) is 6.15. The van der Waals surface area contributed by atoms with Gasteiger partial charge in [-0.3, -0.25) is 9.69 Å². The number of anilines is 1. The predicted molar refractivity (Wildman–Crippen MR) is 101 cm³/mol. The maximum Gasteiger partial charge on any atom is 0.229 e. The van der Waals surface area contributed by atoms with E-state index < -0.39 is 0 Å². The Kier molecular flexibility index (Phi) is 4.27. The molecule has 2 aromatic rings. The number of aromatic nitrogens is 4. The molecule has 0 bridgehead atoms. The molecular formula is C19H25N7O. The molecular weight excluding hydrogens is 342 g/mol. The first-order chi connectivity index (χ1) is 13.3. The Morgan fingerprint density at radius 3 is 2.48 bits per heavy atom. The van der Waals surface area contributed by atoms with E-state index in [2.05, 4.69) is 29.8 Å². The van der Waals surface area contributed by atoms with Crippen molar-refractivity contribution >= 4 is 11.7 Å². The molecule has 2 aliphatic heterocycles. The van der Waals surface area contributed by atoms with Gasteiger partial charge in [-0.05, 0) is 18.9 Å². The fourth-order valence-corrected chi connectivity index (χ4v) is 4.18. The highest BCUT2D eigenvalue weighted by molar-refractivity contribution is 5.82. The number of hydrogen-bond donors (Lipinski definition) is 0. The van der Waals surface area contributed by atoms with E-state index in [-0.39, 0.29) is 5.92 Å². The van der Waals surface area contributed by atoms with Gasteiger partial charge in [0.2, 0.25) is 5.91 Å². The molecule has 2 saturated heterocycles. The quantitative estimate of drug-likeness (QED) is 0.796. The third-order valence-electron chi connectivity index (χ3n) is 6.15. The second-order valence-electron chi connectivity index (χ2n) is 7.73. The zero-order chi connectivity index (χ0) is 18.2. The van der Waals surface area contributed by atoms with Crippen LogP contribution < -0.4 is 4.90 Å². The molecule has 1 saturated carbocycles. The van der Waals surface area contributed by atoms with Crippen LogP contribution in [0.3, 0.4) is 0 Å². The topological polar surface area (TPSA) is 70.4 Å². The summed E-state index contributed by atoms with van der Waals surface area (Å²) in [6.45, 7) is 5.29. The molecule has 5 rings (SSSR count). The molecule has 8 heteroatoms. The molecule has 8 nitrogen and oxygen atoms in total. The van der Waals surface area contributed by atoms with Gasteiger partial charge in [0.05, 0.1) is 5.92 Å². The fraction of sp³-hybridized carbons (Fsp3) is 0.579. The van der Waals surface area contributed by atoms with E-state index in [9.17, 15) is 4.79 Å².